The number of likely N-dealkylation sites (N-methyl/N-ethyl adjacent to an activating group) is 1. The third-order valence-electron chi connectivity index (χ3n) is 13.7. The second-order valence-corrected chi connectivity index (χ2v) is 20.3. The Labute approximate surface area is 473 Å². The average molecular weight is 1110 g/mol. The van der Waals surface area contributed by atoms with Gasteiger partial charge in [-0.2, -0.15) is 67.5 Å². The maximum absolute atomic E-state index is 14.8. The van der Waals surface area contributed by atoms with Gasteiger partial charge in [0.2, 0.25) is 11.8 Å². The molecule has 0 spiro atoms. The standard InChI is InChI=1S/C54H70N8O7.5H2S/c1-11-61-45-22-21-38-30-41(45)42(49(61)40-18-13-24-55-47(40)35(4)68-10)31-54(5,6)33-69-53(67)43-19-14-26-62(57-43)52(66)44(29-36-16-12-17-37(38)28-36)56-50(64)48(34(2)3)59(9)51(65)39-23-27-60(32-39)46(63)20-15-25-58(7)8;;;;;/h12-13,16-18,21-22,24,28,30,34-35,39,43-44,48,57H,11,14,19,23,25-27,29,31-33H2,1-10H3,(H,56,64);5*1H2/t35-,39-,43-,44-,48-;;;;;/m0...../s1. The van der Waals surface area contributed by atoms with Gasteiger partial charge in [-0.3, -0.25) is 38.9 Å². The Morgan fingerprint density at radius 1 is 0.959 bits per heavy atom. The number of carbonyl (C=O) groups is 5. The molecule has 3 aliphatic rings. The minimum absolute atomic E-state index is 0. The minimum atomic E-state index is -1.06. The number of methoxy groups -OCH3 is 1. The Hall–Kier alpha value is -4.33. The number of esters is 1. The summed E-state index contributed by atoms with van der Waals surface area (Å²) in [4.78, 5) is 80.0. The van der Waals surface area contributed by atoms with Gasteiger partial charge < -0.3 is 29.2 Å². The lowest BCUT2D eigenvalue weighted by atomic mass is 9.84. The number of ether oxygens (including phenoxy) is 2. The zero-order valence-corrected chi connectivity index (χ0v) is 49.6. The van der Waals surface area contributed by atoms with Crippen LogP contribution in [0.25, 0.3) is 33.3 Å². The number of hydrogen-bond donors (Lipinski definition) is 2. The number of aryl methyl sites for hydroxylation is 1. The third-order valence-corrected chi connectivity index (χ3v) is 13.7. The molecule has 4 amide bonds. The Balaban J connectivity index is 0.00000375. The summed E-state index contributed by atoms with van der Waals surface area (Å²) in [6.07, 6.45) is 3.73. The number of hydrogen-bond acceptors (Lipinski definition) is 10. The van der Waals surface area contributed by atoms with Crippen LogP contribution in [0.2, 0.25) is 0 Å². The van der Waals surface area contributed by atoms with Crippen molar-refractivity contribution in [3.05, 3.63) is 77.6 Å². The highest BCUT2D eigenvalue weighted by Crippen LogP contribution is 2.42. The van der Waals surface area contributed by atoms with Crippen molar-refractivity contribution in [3.8, 4) is 34.2 Å². The number of cyclic esters (lactones) is 1. The van der Waals surface area contributed by atoms with Gasteiger partial charge >= 0.3 is 5.97 Å². The van der Waals surface area contributed by atoms with Crippen molar-refractivity contribution < 1.29 is 33.4 Å². The van der Waals surface area contributed by atoms with Crippen molar-refractivity contribution in [3.63, 3.8) is 0 Å². The van der Waals surface area contributed by atoms with Crippen LogP contribution in [-0.2, 0) is 52.8 Å². The number of likely N-dealkylation sites (tertiary alicyclic amines) is 1. The molecule has 74 heavy (non-hydrogen) atoms. The van der Waals surface area contributed by atoms with E-state index in [9.17, 15) is 24.0 Å². The Morgan fingerprint density at radius 2 is 1.68 bits per heavy atom. The van der Waals surface area contributed by atoms with E-state index in [0.717, 1.165) is 50.1 Å². The van der Waals surface area contributed by atoms with E-state index in [4.69, 9.17) is 14.5 Å². The Kier molecular flexibility index (Phi) is 25.5. The second-order valence-electron chi connectivity index (χ2n) is 20.3. The fourth-order valence-corrected chi connectivity index (χ4v) is 10.1. The lowest BCUT2D eigenvalue weighted by Gasteiger charge is -2.37. The summed E-state index contributed by atoms with van der Waals surface area (Å²) in [5.74, 6) is 2.82. The first-order valence-electron chi connectivity index (χ1n) is 24.4. The molecule has 2 N–H and O–H groups in total. The summed E-state index contributed by atoms with van der Waals surface area (Å²) >= 11 is 0. The highest BCUT2D eigenvalue weighted by atomic mass is 32.1. The molecule has 408 valence electrons. The van der Waals surface area contributed by atoms with E-state index in [1.165, 1.54) is 9.91 Å². The number of rotatable bonds is 10. The molecule has 20 heteroatoms. The maximum Gasteiger partial charge on any atom is 0.324 e. The molecule has 2 aromatic heterocycles. The van der Waals surface area contributed by atoms with Crippen molar-refractivity contribution in [2.45, 2.75) is 104 Å². The lowest BCUT2D eigenvalue weighted by Crippen LogP contribution is -2.62. The molecule has 7 rings (SSSR count). The molecule has 15 nitrogen and oxygen atoms in total. The molecule has 5 heterocycles. The number of amides is 4. The zero-order valence-electron chi connectivity index (χ0n) is 44.6. The van der Waals surface area contributed by atoms with Crippen molar-refractivity contribution in [2.75, 3.05) is 61.0 Å². The van der Waals surface area contributed by atoms with Crippen molar-refractivity contribution in [1.29, 1.82) is 0 Å². The van der Waals surface area contributed by atoms with Crippen LogP contribution in [0.15, 0.2) is 60.8 Å². The van der Waals surface area contributed by atoms with Crippen molar-refractivity contribution in [1.82, 2.24) is 40.0 Å². The topological polar surface area (TPSA) is 159 Å². The van der Waals surface area contributed by atoms with Crippen LogP contribution in [0.5, 0.6) is 0 Å². The van der Waals surface area contributed by atoms with E-state index < -0.39 is 47.2 Å². The molecule has 2 saturated heterocycles. The molecule has 5 atom stereocenters. The van der Waals surface area contributed by atoms with Crippen molar-refractivity contribution >= 4 is 108 Å². The molecule has 4 aromatic rings. The predicted molar refractivity (Wildman–Crippen MR) is 318 cm³/mol. The summed E-state index contributed by atoms with van der Waals surface area (Å²) in [6, 6.07) is 15.8. The van der Waals surface area contributed by atoms with Gasteiger partial charge in [0.05, 0.1) is 36.6 Å². The van der Waals surface area contributed by atoms with Crippen LogP contribution >= 0.6 is 67.5 Å². The highest BCUT2D eigenvalue weighted by molar-refractivity contribution is 7.60. The SMILES string of the molecule is CCn1c(-c2cccnc2[C@H](C)OC)c2c3cc(ccc31)-c1cccc(c1)C[C@H](NC(=O)[C@H](C(C)C)N(C)C(=O)[C@H]1CCN(C(=O)C#CCN(C)C)C1)C(=O)N1CCC[C@H](N1)C(=O)OCC(C)(C)C2.S.S.S.S.S. The molecular weight excluding hydrogens is 1030 g/mol. The number of fused-ring (bicyclic) bond motifs is 6. The quantitative estimate of drug-likeness (QED) is 0.138. The summed E-state index contributed by atoms with van der Waals surface area (Å²) in [5.41, 5.74) is 10.5. The molecular formula is C54H80N8O7S5. The predicted octanol–water partition coefficient (Wildman–Crippen LogP) is 6.21. The Morgan fingerprint density at radius 3 is 2.35 bits per heavy atom. The van der Waals surface area contributed by atoms with E-state index in [1.54, 1.807) is 25.3 Å². The molecule has 2 aromatic carbocycles. The molecule has 6 bridgehead atoms. The highest BCUT2D eigenvalue weighted by Gasteiger charge is 2.40. The first kappa shape index (κ1) is 65.8. The van der Waals surface area contributed by atoms with E-state index in [0.29, 0.717) is 51.9 Å². The van der Waals surface area contributed by atoms with Gasteiger partial charge in [-0.15, -0.1) is 0 Å². The first-order chi connectivity index (χ1) is 32.9. The Bertz CT molecular complexity index is 2650. The maximum atomic E-state index is 14.8. The van der Waals surface area contributed by atoms with Gasteiger partial charge in [0.15, 0.2) is 0 Å². The molecule has 0 saturated carbocycles. The normalized spacial score (nSPS) is 19.1. The first-order valence-corrected chi connectivity index (χ1v) is 24.4. The summed E-state index contributed by atoms with van der Waals surface area (Å²) in [7, 11) is 7.05. The number of nitrogens with one attached hydrogen (secondary N) is 2. The van der Waals surface area contributed by atoms with Crippen LogP contribution in [0.4, 0.5) is 0 Å². The van der Waals surface area contributed by atoms with Gasteiger partial charge in [-0.05, 0) is 112 Å². The number of hydrazine groups is 1. The second kappa shape index (κ2) is 28.7. The van der Waals surface area contributed by atoms with Crippen LogP contribution in [0.3, 0.4) is 0 Å². The number of carbonyl (C=O) groups excluding carboxylic acids is 5. The van der Waals surface area contributed by atoms with E-state index in [-0.39, 0.29) is 111 Å². The monoisotopic (exact) mass is 1110 g/mol. The molecule has 2 fully saturated rings. The number of benzene rings is 2. The van der Waals surface area contributed by atoms with Gasteiger partial charge in [0.25, 0.3) is 11.8 Å². The van der Waals surface area contributed by atoms with E-state index in [2.05, 4.69) is 84.3 Å². The molecule has 0 unspecified atom stereocenters. The molecule has 3 aliphatic heterocycles. The summed E-state index contributed by atoms with van der Waals surface area (Å²) in [5, 5.41) is 5.59. The fraction of sp³-hybridized carbons (Fsp3) is 0.519. The fourth-order valence-electron chi connectivity index (χ4n) is 10.1. The number of aromatic nitrogens is 2. The van der Waals surface area contributed by atoms with E-state index >= 15 is 0 Å². The van der Waals surface area contributed by atoms with E-state index in [1.807, 2.05) is 58.0 Å². The van der Waals surface area contributed by atoms with Crippen molar-refractivity contribution in [2.24, 2.45) is 17.3 Å². The third kappa shape index (κ3) is 15.0. The van der Waals surface area contributed by atoms with Gasteiger partial charge in [-0.25, -0.2) is 5.43 Å². The average Bonchev–Trinajstić information content (AvgIpc) is 3.95. The number of pyridine rings is 1. The molecule has 0 radical (unpaired) electrons. The van der Waals surface area contributed by atoms with Crippen LogP contribution in [0, 0.1) is 29.1 Å². The smallest absolute Gasteiger partial charge is 0.324 e. The largest absolute Gasteiger partial charge is 0.464 e. The van der Waals surface area contributed by atoms with Gasteiger partial charge in [0.1, 0.15) is 18.1 Å². The summed E-state index contributed by atoms with van der Waals surface area (Å²) in [6.45, 7) is 14.3. The van der Waals surface area contributed by atoms with Gasteiger partial charge in [-0.1, -0.05) is 63.9 Å². The molecule has 0 aliphatic carbocycles. The minimum Gasteiger partial charge on any atom is -0.464 e. The summed E-state index contributed by atoms with van der Waals surface area (Å²) < 4.78 is 14.3. The zero-order chi connectivity index (χ0) is 49.7. The van der Waals surface area contributed by atoms with Crippen LogP contribution in [0.1, 0.15) is 83.7 Å². The van der Waals surface area contributed by atoms with Crippen LogP contribution < -0.4 is 10.7 Å². The number of nitrogens with zero attached hydrogens (tertiary/aromatic N) is 6. The van der Waals surface area contributed by atoms with Crippen LogP contribution in [-0.4, -0.2) is 138 Å². The lowest BCUT2D eigenvalue weighted by molar-refractivity contribution is -0.155. The van der Waals surface area contributed by atoms with Gasteiger partial charge in [0, 0.05) is 74.8 Å².